The molecule has 0 saturated carbocycles. The van der Waals surface area contributed by atoms with Crippen molar-refractivity contribution < 1.29 is 9.18 Å². The van der Waals surface area contributed by atoms with E-state index in [4.69, 9.17) is 0 Å². The Balaban J connectivity index is 2.27. The van der Waals surface area contributed by atoms with Crippen LogP contribution in [0.15, 0.2) is 30.3 Å². The lowest BCUT2D eigenvalue weighted by Crippen LogP contribution is -2.31. The van der Waals surface area contributed by atoms with Gasteiger partial charge in [0.15, 0.2) is 0 Å². The van der Waals surface area contributed by atoms with Crippen LogP contribution in [-0.2, 0) is 4.79 Å². The van der Waals surface area contributed by atoms with Gasteiger partial charge in [0.2, 0.25) is 5.91 Å². The van der Waals surface area contributed by atoms with Crippen molar-refractivity contribution in [3.05, 3.63) is 41.7 Å². The molecule has 0 aliphatic carbocycles. The highest BCUT2D eigenvalue weighted by molar-refractivity contribution is 5.77. The minimum atomic E-state index is -0.241. The van der Waals surface area contributed by atoms with E-state index in [0.29, 0.717) is 13.1 Å². The van der Waals surface area contributed by atoms with E-state index in [0.717, 1.165) is 5.56 Å². The molecule has 1 amide bonds. The maximum absolute atomic E-state index is 12.6. The number of amides is 1. The van der Waals surface area contributed by atoms with Gasteiger partial charge in [-0.3, -0.25) is 4.79 Å². The van der Waals surface area contributed by atoms with Gasteiger partial charge in [0, 0.05) is 13.6 Å². The second-order valence-electron chi connectivity index (χ2n) is 3.26. The fourth-order valence-corrected chi connectivity index (χ4v) is 1.13. The number of halogens is 1. The van der Waals surface area contributed by atoms with Crippen molar-refractivity contribution >= 4 is 12.0 Å². The van der Waals surface area contributed by atoms with Crippen molar-refractivity contribution in [3.63, 3.8) is 0 Å². The van der Waals surface area contributed by atoms with Gasteiger partial charge in [-0.25, -0.2) is 4.39 Å². The van der Waals surface area contributed by atoms with Crippen LogP contribution in [0.25, 0.3) is 6.08 Å². The number of hydrogen-bond acceptors (Lipinski definition) is 2. The fourth-order valence-electron chi connectivity index (χ4n) is 1.13. The summed E-state index contributed by atoms with van der Waals surface area (Å²) in [6.45, 7) is 0.898. The van der Waals surface area contributed by atoms with Gasteiger partial charge in [-0.1, -0.05) is 24.3 Å². The van der Waals surface area contributed by atoms with Crippen molar-refractivity contribution in [3.8, 4) is 0 Å². The van der Waals surface area contributed by atoms with Gasteiger partial charge in [-0.15, -0.1) is 0 Å². The first kappa shape index (κ1) is 12.4. The van der Waals surface area contributed by atoms with Crippen molar-refractivity contribution in [2.24, 2.45) is 0 Å². The molecule has 0 radical (unpaired) electrons. The number of hydrogen-bond donors (Lipinski definition) is 2. The Morgan fingerprint density at radius 2 is 2.06 bits per heavy atom. The molecule has 0 heterocycles. The second kappa shape index (κ2) is 6.74. The summed E-state index contributed by atoms with van der Waals surface area (Å²) in [6, 6.07) is 6.23. The quantitative estimate of drug-likeness (QED) is 0.734. The zero-order valence-electron chi connectivity index (χ0n) is 9.16. The summed E-state index contributed by atoms with van der Waals surface area (Å²) >= 11 is 0. The summed E-state index contributed by atoms with van der Waals surface area (Å²) in [5.74, 6) is -0.287. The third kappa shape index (κ3) is 4.70. The molecule has 0 unspecified atom stereocenters. The van der Waals surface area contributed by atoms with Crippen LogP contribution >= 0.6 is 0 Å². The van der Waals surface area contributed by atoms with E-state index < -0.39 is 0 Å². The molecule has 1 rings (SSSR count). The van der Waals surface area contributed by atoms with Crippen LogP contribution in [0.3, 0.4) is 0 Å². The lowest BCUT2D eigenvalue weighted by molar-refractivity contribution is -0.119. The van der Waals surface area contributed by atoms with Gasteiger partial charge in [-0.05, 0) is 17.7 Å². The van der Waals surface area contributed by atoms with Gasteiger partial charge in [-0.2, -0.15) is 0 Å². The Hall–Kier alpha value is -1.68. The van der Waals surface area contributed by atoms with E-state index >= 15 is 0 Å². The smallest absolute Gasteiger partial charge is 0.233 e. The van der Waals surface area contributed by atoms with Gasteiger partial charge in [0.1, 0.15) is 5.82 Å². The first-order valence-electron chi connectivity index (χ1n) is 5.06. The average molecular weight is 222 g/mol. The zero-order chi connectivity index (χ0) is 11.8. The van der Waals surface area contributed by atoms with Gasteiger partial charge in [0.25, 0.3) is 0 Å². The fraction of sp³-hybridized carbons (Fsp3) is 0.250. The number of rotatable bonds is 5. The number of nitrogens with one attached hydrogen (secondary N) is 2. The molecule has 2 N–H and O–H groups in total. The molecule has 0 atom stereocenters. The summed E-state index contributed by atoms with van der Waals surface area (Å²) < 4.78 is 12.6. The Morgan fingerprint density at radius 3 is 2.69 bits per heavy atom. The molecule has 0 aliphatic rings. The average Bonchev–Trinajstić information content (AvgIpc) is 2.31. The Kier molecular flexibility index (Phi) is 5.22. The highest BCUT2D eigenvalue weighted by atomic mass is 19.1. The van der Waals surface area contributed by atoms with E-state index in [1.165, 1.54) is 12.1 Å². The Morgan fingerprint density at radius 1 is 1.38 bits per heavy atom. The van der Waals surface area contributed by atoms with Crippen LogP contribution < -0.4 is 10.6 Å². The molecule has 1 aromatic carbocycles. The molecule has 0 bridgehead atoms. The van der Waals surface area contributed by atoms with Crippen LogP contribution in [0.4, 0.5) is 4.39 Å². The third-order valence-electron chi connectivity index (χ3n) is 2.01. The summed E-state index contributed by atoms with van der Waals surface area (Å²) in [6.07, 6.45) is 3.76. The Labute approximate surface area is 94.4 Å². The normalized spacial score (nSPS) is 10.6. The lowest BCUT2D eigenvalue weighted by Gasteiger charge is -1.99. The molecule has 0 aliphatic heterocycles. The number of benzene rings is 1. The monoisotopic (exact) mass is 222 g/mol. The van der Waals surface area contributed by atoms with Crippen LogP contribution in [0.5, 0.6) is 0 Å². The van der Waals surface area contributed by atoms with E-state index in [2.05, 4.69) is 10.6 Å². The lowest BCUT2D eigenvalue weighted by atomic mass is 10.2. The molecule has 1 aromatic rings. The molecule has 3 nitrogen and oxygen atoms in total. The summed E-state index contributed by atoms with van der Waals surface area (Å²) in [5, 5.41) is 5.46. The highest BCUT2D eigenvalue weighted by Gasteiger charge is 1.93. The summed E-state index contributed by atoms with van der Waals surface area (Å²) in [5.41, 5.74) is 0.933. The first-order chi connectivity index (χ1) is 7.72. The molecule has 0 fully saturated rings. The minimum absolute atomic E-state index is 0.0461. The van der Waals surface area contributed by atoms with E-state index in [9.17, 15) is 9.18 Å². The van der Waals surface area contributed by atoms with Gasteiger partial charge in [0.05, 0.1) is 6.54 Å². The first-order valence-corrected chi connectivity index (χ1v) is 5.06. The number of likely N-dealkylation sites (N-methyl/N-ethyl adjacent to an activating group) is 1. The summed E-state index contributed by atoms with van der Waals surface area (Å²) in [4.78, 5) is 10.8. The molecule has 0 aromatic heterocycles. The van der Waals surface area contributed by atoms with E-state index in [-0.39, 0.29) is 11.7 Å². The predicted molar refractivity (Wildman–Crippen MR) is 62.4 cm³/mol. The van der Waals surface area contributed by atoms with Gasteiger partial charge < -0.3 is 10.6 Å². The van der Waals surface area contributed by atoms with E-state index in [1.807, 2.05) is 12.2 Å². The standard InChI is InChI=1S/C12H15FN2O/c1-14-12(16)9-15-8-2-3-10-4-6-11(13)7-5-10/h2-7,15H,8-9H2,1H3,(H,14,16)/b3-2+. The maximum Gasteiger partial charge on any atom is 0.233 e. The molecule has 0 saturated heterocycles. The minimum Gasteiger partial charge on any atom is -0.358 e. The number of carbonyl (C=O) groups excluding carboxylic acids is 1. The van der Waals surface area contributed by atoms with Crippen LogP contribution in [0.1, 0.15) is 5.56 Å². The third-order valence-corrected chi connectivity index (χ3v) is 2.01. The molecule has 86 valence electrons. The molecular weight excluding hydrogens is 207 g/mol. The molecule has 0 spiro atoms. The SMILES string of the molecule is CNC(=O)CNC/C=C/c1ccc(F)cc1. The largest absolute Gasteiger partial charge is 0.358 e. The topological polar surface area (TPSA) is 41.1 Å². The van der Waals surface area contributed by atoms with Gasteiger partial charge >= 0.3 is 0 Å². The van der Waals surface area contributed by atoms with Crippen molar-refractivity contribution in [2.45, 2.75) is 0 Å². The van der Waals surface area contributed by atoms with Crippen LogP contribution in [-0.4, -0.2) is 26.0 Å². The molecule has 4 heteroatoms. The predicted octanol–water partition coefficient (Wildman–Crippen LogP) is 1.17. The highest BCUT2D eigenvalue weighted by Crippen LogP contribution is 2.03. The van der Waals surface area contributed by atoms with Crippen molar-refractivity contribution in [2.75, 3.05) is 20.1 Å². The van der Waals surface area contributed by atoms with E-state index in [1.54, 1.807) is 19.2 Å². The Bertz CT molecular complexity index is 360. The summed E-state index contributed by atoms with van der Waals surface area (Å²) in [7, 11) is 1.60. The zero-order valence-corrected chi connectivity index (χ0v) is 9.16. The molecule has 16 heavy (non-hydrogen) atoms. The van der Waals surface area contributed by atoms with Crippen molar-refractivity contribution in [1.82, 2.24) is 10.6 Å². The maximum atomic E-state index is 12.6. The second-order valence-corrected chi connectivity index (χ2v) is 3.26. The van der Waals surface area contributed by atoms with Crippen LogP contribution in [0.2, 0.25) is 0 Å². The van der Waals surface area contributed by atoms with Crippen molar-refractivity contribution in [1.29, 1.82) is 0 Å². The van der Waals surface area contributed by atoms with Crippen LogP contribution in [0, 0.1) is 5.82 Å². The number of carbonyl (C=O) groups is 1. The molecular formula is C12H15FN2O.